The first-order chi connectivity index (χ1) is 13.2. The van der Waals surface area contributed by atoms with Crippen LogP contribution in [0.25, 0.3) is 0 Å². The Balaban J connectivity index is 1.86. The van der Waals surface area contributed by atoms with Gasteiger partial charge in [0.2, 0.25) is 11.8 Å². The van der Waals surface area contributed by atoms with E-state index in [9.17, 15) is 14.4 Å². The molecule has 0 spiro atoms. The Morgan fingerprint density at radius 3 is 2.25 bits per heavy atom. The van der Waals surface area contributed by atoms with E-state index < -0.39 is 0 Å². The van der Waals surface area contributed by atoms with Crippen molar-refractivity contribution in [3.63, 3.8) is 0 Å². The summed E-state index contributed by atoms with van der Waals surface area (Å²) in [6.07, 6.45) is 0. The van der Waals surface area contributed by atoms with E-state index in [1.165, 1.54) is 11.9 Å². The summed E-state index contributed by atoms with van der Waals surface area (Å²) in [6, 6.07) is 11.2. The van der Waals surface area contributed by atoms with E-state index in [1.54, 1.807) is 12.1 Å². The summed E-state index contributed by atoms with van der Waals surface area (Å²) in [5.41, 5.74) is 5.34. The van der Waals surface area contributed by atoms with Crippen molar-refractivity contribution in [2.45, 2.75) is 27.7 Å². The number of nitrogens with one attached hydrogen (secondary N) is 2. The van der Waals surface area contributed by atoms with E-state index in [1.807, 2.05) is 52.0 Å². The lowest BCUT2D eigenvalue weighted by Crippen LogP contribution is -2.41. The molecule has 2 N–H and O–H groups in total. The molecule has 2 aromatic rings. The Labute approximate surface area is 165 Å². The molecule has 0 fully saturated rings. The third-order valence-electron chi connectivity index (χ3n) is 4.64. The maximum Gasteiger partial charge on any atom is 0.251 e. The molecule has 0 atom stereocenters. The fourth-order valence-corrected chi connectivity index (χ4v) is 2.64. The minimum Gasteiger partial charge on any atom is -0.343 e. The van der Waals surface area contributed by atoms with Gasteiger partial charge in [-0.25, -0.2) is 0 Å². The molecule has 28 heavy (non-hydrogen) atoms. The lowest BCUT2D eigenvalue weighted by molar-refractivity contribution is -0.132. The van der Waals surface area contributed by atoms with Gasteiger partial charge in [-0.05, 0) is 68.1 Å². The molecule has 0 unspecified atom stereocenters. The van der Waals surface area contributed by atoms with Crippen LogP contribution in [0.2, 0.25) is 0 Å². The van der Waals surface area contributed by atoms with Crippen LogP contribution in [0.4, 0.5) is 5.69 Å². The zero-order chi connectivity index (χ0) is 20.8. The molecule has 0 aliphatic rings. The Bertz CT molecular complexity index is 906. The minimum absolute atomic E-state index is 0.0915. The first kappa shape index (κ1) is 21.2. The first-order valence-corrected chi connectivity index (χ1v) is 9.14. The quantitative estimate of drug-likeness (QED) is 0.808. The molecule has 0 saturated carbocycles. The molecule has 0 aromatic heterocycles. The molecule has 3 amide bonds. The fraction of sp³-hybridized carbons (Fsp3) is 0.318. The average molecular weight is 381 g/mol. The predicted molar refractivity (Wildman–Crippen MR) is 110 cm³/mol. The highest BCUT2D eigenvalue weighted by Crippen LogP contribution is 2.16. The van der Waals surface area contributed by atoms with Crippen molar-refractivity contribution in [1.82, 2.24) is 10.2 Å². The zero-order valence-corrected chi connectivity index (χ0v) is 17.1. The minimum atomic E-state index is -0.340. The van der Waals surface area contributed by atoms with Gasteiger partial charge >= 0.3 is 0 Å². The second-order valence-electron chi connectivity index (χ2n) is 7.10. The number of carbonyl (C=O) groups is 3. The van der Waals surface area contributed by atoms with E-state index in [4.69, 9.17) is 0 Å². The molecule has 6 nitrogen and oxygen atoms in total. The summed E-state index contributed by atoms with van der Waals surface area (Å²) >= 11 is 0. The van der Waals surface area contributed by atoms with Gasteiger partial charge in [0.25, 0.3) is 5.91 Å². The van der Waals surface area contributed by atoms with Crippen molar-refractivity contribution >= 4 is 23.4 Å². The van der Waals surface area contributed by atoms with Gasteiger partial charge in [-0.1, -0.05) is 18.2 Å². The number of rotatable bonds is 6. The van der Waals surface area contributed by atoms with Crippen LogP contribution < -0.4 is 10.6 Å². The van der Waals surface area contributed by atoms with E-state index >= 15 is 0 Å². The molecule has 0 bridgehead atoms. The van der Waals surface area contributed by atoms with Gasteiger partial charge in [0.05, 0.1) is 13.1 Å². The zero-order valence-electron chi connectivity index (χ0n) is 17.1. The summed E-state index contributed by atoms with van der Waals surface area (Å²) in [5, 5.41) is 5.42. The normalized spacial score (nSPS) is 10.3. The highest BCUT2D eigenvalue weighted by molar-refractivity contribution is 5.98. The number of hydrogen-bond acceptors (Lipinski definition) is 3. The molecule has 0 aliphatic carbocycles. The standard InChI is InChI=1S/C22H27N3O3/c1-14-6-7-16(3)19(10-14)24-20(26)13-25(5)21(27)12-23-22(28)18-9-8-15(2)17(4)11-18/h6-11H,12-13H2,1-5H3,(H,23,28)(H,24,26). The number of hydrogen-bond donors (Lipinski definition) is 2. The molecule has 6 heteroatoms. The maximum atomic E-state index is 12.2. The Morgan fingerprint density at radius 2 is 1.57 bits per heavy atom. The van der Waals surface area contributed by atoms with E-state index in [0.717, 1.165) is 27.9 Å². The SMILES string of the molecule is Cc1ccc(C)c(NC(=O)CN(C)C(=O)CNC(=O)c2ccc(C)c(C)c2)c1. The highest BCUT2D eigenvalue weighted by Gasteiger charge is 2.15. The van der Waals surface area contributed by atoms with Crippen LogP contribution in [0.1, 0.15) is 32.6 Å². The average Bonchev–Trinajstić information content (AvgIpc) is 2.64. The van der Waals surface area contributed by atoms with E-state index in [0.29, 0.717) is 5.56 Å². The van der Waals surface area contributed by atoms with Gasteiger partial charge in [-0.15, -0.1) is 0 Å². The van der Waals surface area contributed by atoms with Gasteiger partial charge in [-0.3, -0.25) is 14.4 Å². The maximum absolute atomic E-state index is 12.2. The van der Waals surface area contributed by atoms with Crippen LogP contribution in [0.5, 0.6) is 0 Å². The second kappa shape index (κ2) is 9.17. The Kier molecular flexibility index (Phi) is 6.93. The van der Waals surface area contributed by atoms with Crippen molar-refractivity contribution in [3.8, 4) is 0 Å². The van der Waals surface area contributed by atoms with Crippen molar-refractivity contribution in [3.05, 3.63) is 64.2 Å². The molecule has 2 aromatic carbocycles. The fourth-order valence-electron chi connectivity index (χ4n) is 2.64. The van der Waals surface area contributed by atoms with Crippen molar-refractivity contribution in [2.24, 2.45) is 0 Å². The van der Waals surface area contributed by atoms with Crippen LogP contribution in [0, 0.1) is 27.7 Å². The molecular weight excluding hydrogens is 354 g/mol. The second-order valence-corrected chi connectivity index (χ2v) is 7.10. The van der Waals surface area contributed by atoms with Crippen molar-refractivity contribution < 1.29 is 14.4 Å². The van der Waals surface area contributed by atoms with Crippen LogP contribution in [0.3, 0.4) is 0 Å². The number of likely N-dealkylation sites (N-methyl/N-ethyl adjacent to an activating group) is 1. The number of amides is 3. The summed E-state index contributed by atoms with van der Waals surface area (Å²) in [7, 11) is 1.53. The third-order valence-corrected chi connectivity index (χ3v) is 4.64. The predicted octanol–water partition coefficient (Wildman–Crippen LogP) is 2.75. The van der Waals surface area contributed by atoms with Crippen molar-refractivity contribution in [2.75, 3.05) is 25.5 Å². The summed E-state index contributed by atoms with van der Waals surface area (Å²) in [5.74, 6) is -0.942. The summed E-state index contributed by atoms with van der Waals surface area (Å²) in [6.45, 7) is 7.50. The molecule has 2 rings (SSSR count). The third kappa shape index (κ3) is 5.67. The molecule has 0 saturated heterocycles. The van der Waals surface area contributed by atoms with Gasteiger partial charge < -0.3 is 15.5 Å². The molecule has 148 valence electrons. The van der Waals surface area contributed by atoms with Gasteiger partial charge in [0, 0.05) is 18.3 Å². The van der Waals surface area contributed by atoms with Gasteiger partial charge in [0.1, 0.15) is 0 Å². The van der Waals surface area contributed by atoms with Crippen LogP contribution in [-0.4, -0.2) is 42.8 Å². The largest absolute Gasteiger partial charge is 0.343 e. The Hall–Kier alpha value is -3.15. The van der Waals surface area contributed by atoms with Crippen LogP contribution in [0.15, 0.2) is 36.4 Å². The number of aryl methyl sites for hydroxylation is 4. The van der Waals surface area contributed by atoms with Crippen molar-refractivity contribution in [1.29, 1.82) is 0 Å². The van der Waals surface area contributed by atoms with Crippen LogP contribution >= 0.6 is 0 Å². The topological polar surface area (TPSA) is 78.5 Å². The number of carbonyl (C=O) groups excluding carboxylic acids is 3. The molecular formula is C22H27N3O3. The molecule has 0 aliphatic heterocycles. The van der Waals surface area contributed by atoms with E-state index in [-0.39, 0.29) is 30.8 Å². The van der Waals surface area contributed by atoms with Gasteiger partial charge in [0.15, 0.2) is 0 Å². The lowest BCUT2D eigenvalue weighted by Gasteiger charge is -2.18. The summed E-state index contributed by atoms with van der Waals surface area (Å²) in [4.78, 5) is 38.0. The number of nitrogens with zero attached hydrogens (tertiary/aromatic N) is 1. The summed E-state index contributed by atoms with van der Waals surface area (Å²) < 4.78 is 0. The Morgan fingerprint density at radius 1 is 0.893 bits per heavy atom. The molecule has 0 radical (unpaired) electrons. The smallest absolute Gasteiger partial charge is 0.251 e. The van der Waals surface area contributed by atoms with Gasteiger partial charge in [-0.2, -0.15) is 0 Å². The first-order valence-electron chi connectivity index (χ1n) is 9.14. The highest BCUT2D eigenvalue weighted by atomic mass is 16.2. The number of anilines is 1. The lowest BCUT2D eigenvalue weighted by atomic mass is 10.1. The van der Waals surface area contributed by atoms with E-state index in [2.05, 4.69) is 10.6 Å². The van der Waals surface area contributed by atoms with Crippen LogP contribution in [-0.2, 0) is 9.59 Å². The molecule has 0 heterocycles. The monoisotopic (exact) mass is 381 g/mol. The number of benzene rings is 2.